The summed E-state index contributed by atoms with van der Waals surface area (Å²) in [6.45, 7) is 0.695. The Morgan fingerprint density at radius 1 is 1.53 bits per heavy atom. The number of ether oxygens (including phenoxy) is 1. The number of hydrogen-bond acceptors (Lipinski definition) is 4. The minimum atomic E-state index is -0.121. The van der Waals surface area contributed by atoms with Crippen molar-refractivity contribution in [2.75, 3.05) is 12.8 Å². The molecule has 1 aliphatic rings. The van der Waals surface area contributed by atoms with Crippen molar-refractivity contribution in [2.45, 2.75) is 31.4 Å². The highest BCUT2D eigenvalue weighted by Gasteiger charge is 2.38. The van der Waals surface area contributed by atoms with Crippen LogP contribution in [0.5, 0.6) is 0 Å². The summed E-state index contributed by atoms with van der Waals surface area (Å²) in [5.41, 5.74) is 8.02. The minimum absolute atomic E-state index is 0.121. The zero-order valence-corrected chi connectivity index (χ0v) is 10.9. The van der Waals surface area contributed by atoms with Crippen molar-refractivity contribution in [3.63, 3.8) is 0 Å². The van der Waals surface area contributed by atoms with E-state index in [1.165, 1.54) is 6.42 Å². The second-order valence-corrected chi connectivity index (χ2v) is 5.08. The topological polar surface area (TPSA) is 76.9 Å². The average molecular weight is 256 g/mol. The van der Waals surface area contributed by atoms with E-state index in [-0.39, 0.29) is 5.60 Å². The Bertz CT molecular complexity index is 658. The standard InChI is InChI=1S/C14H16N4O/c1-19-14(6-3-7-14)9-18-11-5-2-4-10(8-15)12(11)17-13(18)16/h2,4-5H,3,6-7,9H2,1H3,(H2,16,17). The van der Waals surface area contributed by atoms with E-state index < -0.39 is 0 Å². The molecule has 1 heterocycles. The molecule has 0 atom stereocenters. The Morgan fingerprint density at radius 2 is 2.32 bits per heavy atom. The van der Waals surface area contributed by atoms with Crippen LogP contribution in [0.4, 0.5) is 5.95 Å². The summed E-state index contributed by atoms with van der Waals surface area (Å²) < 4.78 is 7.60. The summed E-state index contributed by atoms with van der Waals surface area (Å²) in [7, 11) is 1.75. The van der Waals surface area contributed by atoms with Crippen molar-refractivity contribution in [3.8, 4) is 6.07 Å². The summed E-state index contributed by atoms with van der Waals surface area (Å²) in [6.07, 6.45) is 3.27. The number of aromatic nitrogens is 2. The van der Waals surface area contributed by atoms with Gasteiger partial charge in [0.15, 0.2) is 0 Å². The third-order valence-electron chi connectivity index (χ3n) is 4.07. The number of rotatable bonds is 3. The molecular weight excluding hydrogens is 240 g/mol. The van der Waals surface area contributed by atoms with Crippen LogP contribution < -0.4 is 5.73 Å². The summed E-state index contributed by atoms with van der Waals surface area (Å²) in [5.74, 6) is 0.445. The molecule has 1 aromatic carbocycles. The molecule has 98 valence electrons. The number of methoxy groups -OCH3 is 1. The van der Waals surface area contributed by atoms with Crippen LogP contribution in [0.2, 0.25) is 0 Å². The Hall–Kier alpha value is -2.06. The maximum Gasteiger partial charge on any atom is 0.201 e. The number of imidazole rings is 1. The number of hydrogen-bond donors (Lipinski definition) is 1. The van der Waals surface area contributed by atoms with Crippen molar-refractivity contribution in [1.82, 2.24) is 9.55 Å². The highest BCUT2D eigenvalue weighted by molar-refractivity contribution is 5.84. The molecule has 19 heavy (non-hydrogen) atoms. The molecule has 0 unspecified atom stereocenters. The summed E-state index contributed by atoms with van der Waals surface area (Å²) in [4.78, 5) is 4.32. The van der Waals surface area contributed by atoms with Crippen molar-refractivity contribution < 1.29 is 4.74 Å². The number of para-hydroxylation sites is 1. The largest absolute Gasteiger partial charge is 0.376 e. The third kappa shape index (κ3) is 1.76. The number of nitrogens with two attached hydrogens (primary N) is 1. The predicted molar refractivity (Wildman–Crippen MR) is 72.5 cm³/mol. The molecule has 1 saturated carbocycles. The minimum Gasteiger partial charge on any atom is -0.376 e. The van der Waals surface area contributed by atoms with Crippen LogP contribution >= 0.6 is 0 Å². The first-order chi connectivity index (χ1) is 9.19. The van der Waals surface area contributed by atoms with Gasteiger partial charge in [0.05, 0.1) is 23.2 Å². The zero-order valence-electron chi connectivity index (χ0n) is 10.9. The maximum atomic E-state index is 9.11. The van der Waals surface area contributed by atoms with Crippen LogP contribution in [0, 0.1) is 11.3 Å². The van der Waals surface area contributed by atoms with Gasteiger partial charge in [0.1, 0.15) is 11.6 Å². The first-order valence-electron chi connectivity index (χ1n) is 6.39. The van der Waals surface area contributed by atoms with E-state index in [0.29, 0.717) is 23.6 Å². The molecule has 1 aromatic heterocycles. The quantitative estimate of drug-likeness (QED) is 0.911. The summed E-state index contributed by atoms with van der Waals surface area (Å²) in [5, 5.41) is 9.11. The molecule has 0 saturated heterocycles. The second-order valence-electron chi connectivity index (χ2n) is 5.08. The Labute approximate surface area is 111 Å². The van der Waals surface area contributed by atoms with Crippen LogP contribution in [-0.4, -0.2) is 22.3 Å². The van der Waals surface area contributed by atoms with Crippen LogP contribution in [-0.2, 0) is 11.3 Å². The first kappa shape index (κ1) is 12.0. The number of nitrogens with zero attached hydrogens (tertiary/aromatic N) is 3. The molecule has 0 bridgehead atoms. The fourth-order valence-corrected chi connectivity index (χ4v) is 2.71. The van der Waals surface area contributed by atoms with Crippen molar-refractivity contribution >= 4 is 17.0 Å². The molecule has 0 amide bonds. The monoisotopic (exact) mass is 256 g/mol. The smallest absolute Gasteiger partial charge is 0.201 e. The normalized spacial score (nSPS) is 17.1. The molecule has 5 heteroatoms. The molecule has 0 aliphatic heterocycles. The lowest BCUT2D eigenvalue weighted by atomic mass is 9.80. The SMILES string of the molecule is COC1(Cn2c(N)nc3c(C#N)cccc32)CCC1. The van der Waals surface area contributed by atoms with Gasteiger partial charge in [-0.25, -0.2) is 4.98 Å². The molecule has 0 spiro atoms. The van der Waals surface area contributed by atoms with Crippen molar-refractivity contribution in [1.29, 1.82) is 5.26 Å². The molecule has 1 fully saturated rings. The Morgan fingerprint density at radius 3 is 2.89 bits per heavy atom. The lowest BCUT2D eigenvalue weighted by molar-refractivity contribution is -0.0824. The first-order valence-corrected chi connectivity index (χ1v) is 6.39. The number of nitrogen functional groups attached to an aromatic ring is 1. The molecule has 0 radical (unpaired) electrons. The molecule has 1 aliphatic carbocycles. The van der Waals surface area contributed by atoms with Gasteiger partial charge in [0.25, 0.3) is 0 Å². The summed E-state index contributed by atoms with van der Waals surface area (Å²) >= 11 is 0. The fourth-order valence-electron chi connectivity index (χ4n) is 2.71. The highest BCUT2D eigenvalue weighted by Crippen LogP contribution is 2.38. The van der Waals surface area contributed by atoms with Crippen LogP contribution in [0.25, 0.3) is 11.0 Å². The van der Waals surface area contributed by atoms with E-state index in [4.69, 9.17) is 15.7 Å². The van der Waals surface area contributed by atoms with E-state index in [2.05, 4.69) is 11.1 Å². The number of nitriles is 1. The van der Waals surface area contributed by atoms with Gasteiger partial charge in [0.2, 0.25) is 5.95 Å². The van der Waals surface area contributed by atoms with Crippen LogP contribution in [0.15, 0.2) is 18.2 Å². The van der Waals surface area contributed by atoms with Crippen LogP contribution in [0.1, 0.15) is 24.8 Å². The fraction of sp³-hybridized carbons (Fsp3) is 0.429. The van der Waals surface area contributed by atoms with Gasteiger partial charge in [-0.3, -0.25) is 0 Å². The van der Waals surface area contributed by atoms with Gasteiger partial charge >= 0.3 is 0 Å². The van der Waals surface area contributed by atoms with Crippen molar-refractivity contribution in [3.05, 3.63) is 23.8 Å². The zero-order chi connectivity index (χ0) is 13.5. The highest BCUT2D eigenvalue weighted by atomic mass is 16.5. The average Bonchev–Trinajstić information content (AvgIpc) is 2.69. The van der Waals surface area contributed by atoms with E-state index in [1.54, 1.807) is 13.2 Å². The molecule has 5 nitrogen and oxygen atoms in total. The van der Waals surface area contributed by atoms with E-state index in [1.807, 2.05) is 16.7 Å². The van der Waals surface area contributed by atoms with Gasteiger partial charge in [-0.05, 0) is 31.4 Å². The molecular formula is C14H16N4O. The van der Waals surface area contributed by atoms with Crippen molar-refractivity contribution in [2.24, 2.45) is 0 Å². The van der Waals surface area contributed by atoms with Gasteiger partial charge in [-0.1, -0.05) is 6.07 Å². The molecule has 2 aromatic rings. The Kier molecular flexibility index (Phi) is 2.68. The van der Waals surface area contributed by atoms with Gasteiger partial charge in [0, 0.05) is 7.11 Å². The molecule has 2 N–H and O–H groups in total. The Balaban J connectivity index is 2.09. The lowest BCUT2D eigenvalue weighted by Crippen LogP contribution is -2.43. The van der Waals surface area contributed by atoms with E-state index in [0.717, 1.165) is 18.4 Å². The summed E-state index contributed by atoms with van der Waals surface area (Å²) in [6, 6.07) is 7.72. The maximum absolute atomic E-state index is 9.11. The third-order valence-corrected chi connectivity index (χ3v) is 4.07. The predicted octanol–water partition coefficient (Wildman–Crippen LogP) is 2.06. The van der Waals surface area contributed by atoms with E-state index >= 15 is 0 Å². The number of fused-ring (bicyclic) bond motifs is 1. The van der Waals surface area contributed by atoms with Gasteiger partial charge in [-0.2, -0.15) is 5.26 Å². The van der Waals surface area contributed by atoms with Gasteiger partial charge < -0.3 is 15.0 Å². The second kappa shape index (κ2) is 4.25. The van der Waals surface area contributed by atoms with Crippen LogP contribution in [0.3, 0.4) is 0 Å². The molecule has 3 rings (SSSR count). The number of benzene rings is 1. The lowest BCUT2D eigenvalue weighted by Gasteiger charge is -2.40. The van der Waals surface area contributed by atoms with Gasteiger partial charge in [-0.15, -0.1) is 0 Å². The van der Waals surface area contributed by atoms with E-state index in [9.17, 15) is 0 Å². The number of anilines is 1.